The average Bonchev–Trinajstić information content (AvgIpc) is 2.55. The maximum atomic E-state index is 2.51. The van der Waals surface area contributed by atoms with Gasteiger partial charge in [0.05, 0.1) is 0 Å². The normalized spacial score (nSPS) is 13.1. The van der Waals surface area contributed by atoms with Gasteiger partial charge in [-0.25, -0.2) is 0 Å². The Hall–Kier alpha value is -1.82. The third-order valence-corrected chi connectivity index (χ3v) is 4.17. The van der Waals surface area contributed by atoms with Crippen LogP contribution in [-0.2, 0) is 0 Å². The quantitative estimate of drug-likeness (QED) is 0.528. The van der Waals surface area contributed by atoms with Crippen molar-refractivity contribution < 1.29 is 0 Å². The van der Waals surface area contributed by atoms with Gasteiger partial charge < -0.3 is 0 Å². The molecule has 0 spiro atoms. The first kappa shape index (κ1) is 16.5. The molecule has 0 N–H and O–H groups in total. The molecule has 0 saturated heterocycles. The van der Waals surface area contributed by atoms with E-state index in [0.717, 1.165) is 6.42 Å². The molecule has 0 aliphatic rings. The average molecular weight is 292 g/mol. The summed E-state index contributed by atoms with van der Waals surface area (Å²) in [4.78, 5) is 0. The predicted molar refractivity (Wildman–Crippen MR) is 98.2 cm³/mol. The molecule has 2 aromatic rings. The summed E-state index contributed by atoms with van der Waals surface area (Å²) in [7, 11) is 0. The minimum atomic E-state index is 0.522. The van der Waals surface area contributed by atoms with Gasteiger partial charge in [0.15, 0.2) is 0 Å². The van der Waals surface area contributed by atoms with Gasteiger partial charge in [0.2, 0.25) is 0 Å². The summed E-state index contributed by atoms with van der Waals surface area (Å²) in [5, 5.41) is 0. The van der Waals surface area contributed by atoms with E-state index in [1.807, 2.05) is 0 Å². The SMILES string of the molecule is CCC/C(=C\C(CCC)c1ccccc1)c1ccc(C)cc1. The summed E-state index contributed by atoms with van der Waals surface area (Å²) in [6, 6.07) is 19.9. The maximum Gasteiger partial charge on any atom is 0.00239 e. The minimum Gasteiger partial charge on any atom is -0.0732 e. The topological polar surface area (TPSA) is 0 Å². The van der Waals surface area contributed by atoms with Crippen LogP contribution in [-0.4, -0.2) is 0 Å². The summed E-state index contributed by atoms with van der Waals surface area (Å²) in [5.41, 5.74) is 5.63. The fourth-order valence-corrected chi connectivity index (χ4v) is 2.96. The molecule has 2 aromatic carbocycles. The first-order valence-corrected chi connectivity index (χ1v) is 8.57. The highest BCUT2D eigenvalue weighted by atomic mass is 14.1. The Morgan fingerprint density at radius 3 is 2.18 bits per heavy atom. The van der Waals surface area contributed by atoms with Crippen molar-refractivity contribution in [1.82, 2.24) is 0 Å². The summed E-state index contributed by atoms with van der Waals surface area (Å²) in [5.74, 6) is 0.522. The van der Waals surface area contributed by atoms with Crippen LogP contribution in [0.3, 0.4) is 0 Å². The lowest BCUT2D eigenvalue weighted by molar-refractivity contribution is 0.716. The second-order valence-electron chi connectivity index (χ2n) is 6.11. The Labute approximate surface area is 135 Å². The summed E-state index contributed by atoms with van der Waals surface area (Å²) < 4.78 is 0. The maximum absolute atomic E-state index is 2.51. The smallest absolute Gasteiger partial charge is 0.00239 e. The van der Waals surface area contributed by atoms with Gasteiger partial charge in [0.1, 0.15) is 0 Å². The van der Waals surface area contributed by atoms with Crippen LogP contribution >= 0.6 is 0 Å². The fraction of sp³-hybridized carbons (Fsp3) is 0.364. The van der Waals surface area contributed by atoms with Crippen molar-refractivity contribution >= 4 is 5.57 Å². The predicted octanol–water partition coefficient (Wildman–Crippen LogP) is 6.76. The van der Waals surface area contributed by atoms with Gasteiger partial charge in [-0.05, 0) is 36.5 Å². The van der Waals surface area contributed by atoms with E-state index in [2.05, 4.69) is 81.4 Å². The minimum absolute atomic E-state index is 0.522. The molecule has 0 radical (unpaired) electrons. The molecule has 0 bridgehead atoms. The molecule has 22 heavy (non-hydrogen) atoms. The van der Waals surface area contributed by atoms with Gasteiger partial charge in [-0.3, -0.25) is 0 Å². The molecule has 0 heterocycles. The summed E-state index contributed by atoms with van der Waals surface area (Å²) in [6.07, 6.45) is 7.27. The number of rotatable bonds is 7. The number of benzene rings is 2. The van der Waals surface area contributed by atoms with Gasteiger partial charge in [0, 0.05) is 5.92 Å². The number of hydrogen-bond acceptors (Lipinski definition) is 0. The molecule has 0 amide bonds. The zero-order chi connectivity index (χ0) is 15.8. The van der Waals surface area contributed by atoms with Crippen LogP contribution in [0.4, 0.5) is 0 Å². The highest BCUT2D eigenvalue weighted by Gasteiger charge is 2.10. The Morgan fingerprint density at radius 1 is 0.909 bits per heavy atom. The van der Waals surface area contributed by atoms with Crippen LogP contribution in [0.5, 0.6) is 0 Å². The molecule has 1 unspecified atom stereocenters. The Kier molecular flexibility index (Phi) is 6.45. The molecule has 116 valence electrons. The lowest BCUT2D eigenvalue weighted by Gasteiger charge is -2.16. The van der Waals surface area contributed by atoms with Crippen molar-refractivity contribution in [2.45, 2.75) is 52.4 Å². The number of aryl methyl sites for hydroxylation is 1. The van der Waals surface area contributed by atoms with E-state index in [1.165, 1.54) is 41.5 Å². The Balaban J connectivity index is 2.34. The van der Waals surface area contributed by atoms with Crippen LogP contribution in [0.1, 0.15) is 62.1 Å². The molecule has 2 rings (SSSR count). The molecule has 0 heteroatoms. The van der Waals surface area contributed by atoms with Gasteiger partial charge in [-0.1, -0.05) is 92.9 Å². The molecule has 0 aliphatic carbocycles. The monoisotopic (exact) mass is 292 g/mol. The zero-order valence-corrected chi connectivity index (χ0v) is 14.2. The molecular formula is C22H28. The molecular weight excluding hydrogens is 264 g/mol. The summed E-state index contributed by atoms with van der Waals surface area (Å²) >= 11 is 0. The molecule has 0 fully saturated rings. The zero-order valence-electron chi connectivity index (χ0n) is 14.2. The van der Waals surface area contributed by atoms with E-state index in [-0.39, 0.29) is 0 Å². The standard InChI is InChI=1S/C22H28/c1-4-9-21(19-11-7-6-8-12-19)17-22(10-5-2)20-15-13-18(3)14-16-20/h6-8,11-17,21H,4-5,9-10H2,1-3H3/b22-17+. The highest BCUT2D eigenvalue weighted by molar-refractivity contribution is 5.66. The van der Waals surface area contributed by atoms with E-state index < -0.39 is 0 Å². The van der Waals surface area contributed by atoms with Crippen LogP contribution in [0.25, 0.3) is 5.57 Å². The van der Waals surface area contributed by atoms with Crippen LogP contribution in [0.15, 0.2) is 60.7 Å². The first-order valence-electron chi connectivity index (χ1n) is 8.57. The van der Waals surface area contributed by atoms with E-state index in [4.69, 9.17) is 0 Å². The van der Waals surface area contributed by atoms with Crippen molar-refractivity contribution in [2.24, 2.45) is 0 Å². The highest BCUT2D eigenvalue weighted by Crippen LogP contribution is 2.29. The third kappa shape index (κ3) is 4.59. The van der Waals surface area contributed by atoms with Crippen molar-refractivity contribution in [2.75, 3.05) is 0 Å². The summed E-state index contributed by atoms with van der Waals surface area (Å²) in [6.45, 7) is 6.69. The lowest BCUT2D eigenvalue weighted by atomic mass is 9.89. The molecule has 1 atom stereocenters. The van der Waals surface area contributed by atoms with E-state index in [9.17, 15) is 0 Å². The largest absolute Gasteiger partial charge is 0.0732 e. The fourth-order valence-electron chi connectivity index (χ4n) is 2.96. The molecule has 0 saturated carbocycles. The second kappa shape index (κ2) is 8.58. The van der Waals surface area contributed by atoms with Crippen LogP contribution < -0.4 is 0 Å². The van der Waals surface area contributed by atoms with Gasteiger partial charge in [-0.15, -0.1) is 0 Å². The molecule has 0 aromatic heterocycles. The number of allylic oxidation sites excluding steroid dienone is 2. The van der Waals surface area contributed by atoms with Crippen molar-refractivity contribution in [3.05, 3.63) is 77.4 Å². The first-order chi connectivity index (χ1) is 10.7. The van der Waals surface area contributed by atoms with Crippen molar-refractivity contribution in [3.8, 4) is 0 Å². The van der Waals surface area contributed by atoms with Gasteiger partial charge in [-0.2, -0.15) is 0 Å². The second-order valence-corrected chi connectivity index (χ2v) is 6.11. The van der Waals surface area contributed by atoms with Gasteiger partial charge in [0.25, 0.3) is 0 Å². The van der Waals surface area contributed by atoms with Crippen LogP contribution in [0, 0.1) is 6.92 Å². The van der Waals surface area contributed by atoms with Gasteiger partial charge >= 0.3 is 0 Å². The Morgan fingerprint density at radius 2 is 1.59 bits per heavy atom. The lowest BCUT2D eigenvalue weighted by Crippen LogP contribution is -1.97. The van der Waals surface area contributed by atoms with Crippen molar-refractivity contribution in [1.29, 1.82) is 0 Å². The molecule has 0 nitrogen and oxygen atoms in total. The van der Waals surface area contributed by atoms with Crippen molar-refractivity contribution in [3.63, 3.8) is 0 Å². The van der Waals surface area contributed by atoms with E-state index >= 15 is 0 Å². The third-order valence-electron chi connectivity index (χ3n) is 4.17. The van der Waals surface area contributed by atoms with E-state index in [0.29, 0.717) is 5.92 Å². The van der Waals surface area contributed by atoms with Crippen LogP contribution in [0.2, 0.25) is 0 Å². The van der Waals surface area contributed by atoms with E-state index in [1.54, 1.807) is 0 Å². The Bertz CT molecular complexity index is 575. The molecule has 0 aliphatic heterocycles. The number of hydrogen-bond donors (Lipinski definition) is 0.